The van der Waals surface area contributed by atoms with Crippen LogP contribution in [0.1, 0.15) is 10.4 Å². The van der Waals surface area contributed by atoms with Crippen LogP contribution < -0.4 is 0 Å². The normalized spacial score (nSPS) is 10.7. The molecular formula is C15H10FNO. The van der Waals surface area contributed by atoms with Gasteiger partial charge in [0.1, 0.15) is 5.82 Å². The second kappa shape index (κ2) is 4.11. The molecule has 3 rings (SSSR count). The first kappa shape index (κ1) is 10.7. The molecule has 0 spiro atoms. The average Bonchev–Trinajstić information content (AvgIpc) is 2.82. The van der Waals surface area contributed by atoms with Crippen LogP contribution in [0.2, 0.25) is 0 Å². The quantitative estimate of drug-likeness (QED) is 0.637. The Morgan fingerprint density at radius 1 is 0.944 bits per heavy atom. The van der Waals surface area contributed by atoms with E-state index in [1.807, 2.05) is 30.3 Å². The summed E-state index contributed by atoms with van der Waals surface area (Å²) in [7, 11) is 0. The standard InChI is InChI=1S/C15H10FNO/c16-13-7-3-2-6-12(13)15(18)17-10-9-11-5-1-4-8-14(11)17/h1-10H. The van der Waals surface area contributed by atoms with Crippen molar-refractivity contribution in [3.8, 4) is 0 Å². The third kappa shape index (κ3) is 1.61. The van der Waals surface area contributed by atoms with Crippen molar-refractivity contribution in [2.24, 2.45) is 0 Å². The lowest BCUT2D eigenvalue weighted by molar-refractivity contribution is 0.0961. The summed E-state index contributed by atoms with van der Waals surface area (Å²) in [6.07, 6.45) is 1.67. The number of aromatic nitrogens is 1. The van der Waals surface area contributed by atoms with Gasteiger partial charge in [0.2, 0.25) is 0 Å². The molecule has 0 atom stereocenters. The molecule has 18 heavy (non-hydrogen) atoms. The van der Waals surface area contributed by atoms with Crippen LogP contribution in [0.25, 0.3) is 10.9 Å². The number of halogens is 1. The number of carbonyl (C=O) groups is 1. The monoisotopic (exact) mass is 239 g/mol. The Kier molecular flexibility index (Phi) is 2.45. The molecule has 0 amide bonds. The van der Waals surface area contributed by atoms with E-state index in [4.69, 9.17) is 0 Å². The Hall–Kier alpha value is -2.42. The van der Waals surface area contributed by atoms with Crippen LogP contribution in [0.3, 0.4) is 0 Å². The van der Waals surface area contributed by atoms with Crippen LogP contribution in [-0.4, -0.2) is 10.5 Å². The second-order valence-electron chi connectivity index (χ2n) is 4.03. The molecule has 0 aliphatic heterocycles. The molecule has 0 bridgehead atoms. The van der Waals surface area contributed by atoms with Gasteiger partial charge < -0.3 is 0 Å². The van der Waals surface area contributed by atoms with Gasteiger partial charge in [0, 0.05) is 11.6 Å². The van der Waals surface area contributed by atoms with Crippen molar-refractivity contribution in [2.45, 2.75) is 0 Å². The maximum atomic E-state index is 13.6. The number of hydrogen-bond donors (Lipinski definition) is 0. The Labute approximate surface area is 103 Å². The van der Waals surface area contributed by atoms with Crippen molar-refractivity contribution in [2.75, 3.05) is 0 Å². The number of carbonyl (C=O) groups excluding carboxylic acids is 1. The van der Waals surface area contributed by atoms with E-state index in [0.717, 1.165) is 10.9 Å². The van der Waals surface area contributed by atoms with E-state index >= 15 is 0 Å². The van der Waals surface area contributed by atoms with Gasteiger partial charge in [-0.25, -0.2) is 4.39 Å². The number of benzene rings is 2. The highest BCUT2D eigenvalue weighted by Crippen LogP contribution is 2.17. The van der Waals surface area contributed by atoms with E-state index in [1.165, 1.54) is 16.7 Å². The Morgan fingerprint density at radius 3 is 2.50 bits per heavy atom. The SMILES string of the molecule is O=C(c1ccccc1F)n1ccc2ccccc21. The Balaban J connectivity index is 2.16. The smallest absolute Gasteiger partial charge is 0.265 e. The fourth-order valence-electron chi connectivity index (χ4n) is 2.02. The first-order chi connectivity index (χ1) is 8.77. The van der Waals surface area contributed by atoms with Gasteiger partial charge in [-0.1, -0.05) is 30.3 Å². The van der Waals surface area contributed by atoms with E-state index in [-0.39, 0.29) is 11.5 Å². The average molecular weight is 239 g/mol. The van der Waals surface area contributed by atoms with Gasteiger partial charge in [0.15, 0.2) is 0 Å². The van der Waals surface area contributed by atoms with Crippen LogP contribution >= 0.6 is 0 Å². The fourth-order valence-corrected chi connectivity index (χ4v) is 2.02. The number of hydrogen-bond acceptors (Lipinski definition) is 1. The summed E-state index contributed by atoms with van der Waals surface area (Å²) in [5.41, 5.74) is 0.865. The minimum absolute atomic E-state index is 0.0823. The third-order valence-corrected chi connectivity index (χ3v) is 2.92. The summed E-state index contributed by atoms with van der Waals surface area (Å²) in [5.74, 6) is -0.852. The molecule has 0 N–H and O–H groups in total. The molecule has 2 aromatic carbocycles. The van der Waals surface area contributed by atoms with E-state index < -0.39 is 5.82 Å². The fraction of sp³-hybridized carbons (Fsp3) is 0. The minimum Gasteiger partial charge on any atom is -0.283 e. The van der Waals surface area contributed by atoms with Gasteiger partial charge in [-0.15, -0.1) is 0 Å². The van der Waals surface area contributed by atoms with Crippen LogP contribution in [0.15, 0.2) is 60.8 Å². The molecule has 1 aromatic heterocycles. The first-order valence-corrected chi connectivity index (χ1v) is 5.63. The van der Waals surface area contributed by atoms with Gasteiger partial charge in [-0.3, -0.25) is 9.36 Å². The zero-order valence-electron chi connectivity index (χ0n) is 9.51. The highest BCUT2D eigenvalue weighted by atomic mass is 19.1. The molecule has 0 saturated carbocycles. The number of fused-ring (bicyclic) bond motifs is 1. The zero-order valence-corrected chi connectivity index (χ0v) is 9.51. The number of nitrogens with zero attached hydrogens (tertiary/aromatic N) is 1. The molecule has 0 aliphatic rings. The summed E-state index contributed by atoms with van der Waals surface area (Å²) < 4.78 is 15.1. The maximum Gasteiger partial charge on any atom is 0.265 e. The highest BCUT2D eigenvalue weighted by Gasteiger charge is 2.14. The van der Waals surface area contributed by atoms with Crippen molar-refractivity contribution < 1.29 is 9.18 Å². The lowest BCUT2D eigenvalue weighted by Crippen LogP contribution is -2.12. The molecule has 3 aromatic rings. The molecule has 0 saturated heterocycles. The van der Waals surface area contributed by atoms with E-state index in [9.17, 15) is 9.18 Å². The Bertz CT molecular complexity index is 730. The predicted octanol–water partition coefficient (Wildman–Crippen LogP) is 3.47. The largest absolute Gasteiger partial charge is 0.283 e. The van der Waals surface area contributed by atoms with Gasteiger partial charge >= 0.3 is 0 Å². The maximum absolute atomic E-state index is 13.6. The lowest BCUT2D eigenvalue weighted by Gasteiger charge is -2.05. The van der Waals surface area contributed by atoms with Crippen molar-refractivity contribution in [3.05, 3.63) is 72.2 Å². The van der Waals surface area contributed by atoms with Crippen molar-refractivity contribution in [3.63, 3.8) is 0 Å². The van der Waals surface area contributed by atoms with Gasteiger partial charge in [-0.2, -0.15) is 0 Å². The first-order valence-electron chi connectivity index (χ1n) is 5.63. The van der Waals surface area contributed by atoms with Crippen LogP contribution in [0, 0.1) is 5.82 Å². The van der Waals surface area contributed by atoms with Gasteiger partial charge in [0.05, 0.1) is 11.1 Å². The molecular weight excluding hydrogens is 229 g/mol. The van der Waals surface area contributed by atoms with Crippen LogP contribution in [-0.2, 0) is 0 Å². The van der Waals surface area contributed by atoms with E-state index in [2.05, 4.69) is 0 Å². The molecule has 1 heterocycles. The predicted molar refractivity (Wildman–Crippen MR) is 68.1 cm³/mol. The third-order valence-electron chi connectivity index (χ3n) is 2.92. The minimum atomic E-state index is -0.500. The number of rotatable bonds is 1. The molecule has 88 valence electrons. The second-order valence-corrected chi connectivity index (χ2v) is 4.03. The molecule has 2 nitrogen and oxygen atoms in total. The lowest BCUT2D eigenvalue weighted by atomic mass is 10.2. The van der Waals surface area contributed by atoms with E-state index in [1.54, 1.807) is 18.3 Å². The summed E-state index contributed by atoms with van der Waals surface area (Å²) in [4.78, 5) is 12.3. The summed E-state index contributed by atoms with van der Waals surface area (Å²) in [5, 5.41) is 0.960. The summed E-state index contributed by atoms with van der Waals surface area (Å²) >= 11 is 0. The van der Waals surface area contributed by atoms with Crippen LogP contribution in [0.4, 0.5) is 4.39 Å². The van der Waals surface area contributed by atoms with Crippen molar-refractivity contribution >= 4 is 16.8 Å². The summed E-state index contributed by atoms with van der Waals surface area (Å²) in [6.45, 7) is 0. The highest BCUT2D eigenvalue weighted by molar-refractivity contribution is 6.02. The molecule has 0 aliphatic carbocycles. The molecule has 0 unspecified atom stereocenters. The Morgan fingerprint density at radius 2 is 1.67 bits per heavy atom. The van der Waals surface area contributed by atoms with Crippen molar-refractivity contribution in [1.29, 1.82) is 0 Å². The van der Waals surface area contributed by atoms with Gasteiger partial charge in [0.25, 0.3) is 5.91 Å². The zero-order chi connectivity index (χ0) is 12.5. The van der Waals surface area contributed by atoms with Crippen molar-refractivity contribution in [1.82, 2.24) is 4.57 Å². The molecule has 3 heteroatoms. The molecule has 0 fully saturated rings. The van der Waals surface area contributed by atoms with Gasteiger partial charge in [-0.05, 0) is 24.3 Å². The topological polar surface area (TPSA) is 22.0 Å². The van der Waals surface area contributed by atoms with E-state index in [0.29, 0.717) is 0 Å². The molecule has 0 radical (unpaired) electrons. The van der Waals surface area contributed by atoms with Crippen LogP contribution in [0.5, 0.6) is 0 Å². The summed E-state index contributed by atoms with van der Waals surface area (Å²) in [6, 6.07) is 15.4. The number of para-hydroxylation sites is 1.